The minimum atomic E-state index is -0.828. The van der Waals surface area contributed by atoms with Crippen LogP contribution >= 0.6 is 0 Å². The number of nitrogens with zero attached hydrogens (tertiary/aromatic N) is 4. The summed E-state index contributed by atoms with van der Waals surface area (Å²) >= 11 is 0. The Labute approximate surface area is 220 Å². The molecule has 0 aliphatic heterocycles. The number of hydrogen-bond donors (Lipinski definition) is 1. The molecule has 5 rings (SSSR count). The number of anilines is 1. The van der Waals surface area contributed by atoms with Gasteiger partial charge in [-0.15, -0.1) is 0 Å². The monoisotopic (exact) mass is 529 g/mol. The van der Waals surface area contributed by atoms with Crippen molar-refractivity contribution in [2.24, 2.45) is 7.05 Å². The van der Waals surface area contributed by atoms with E-state index in [2.05, 4.69) is 20.4 Å². The zero-order chi connectivity index (χ0) is 27.7. The molecule has 0 spiro atoms. The number of ether oxygens (including phenoxy) is 2. The largest absolute Gasteiger partial charge is 0.495 e. The minimum Gasteiger partial charge on any atom is -0.495 e. The molecule has 39 heavy (non-hydrogen) atoms. The van der Waals surface area contributed by atoms with Gasteiger partial charge in [0.1, 0.15) is 17.1 Å². The second-order valence-electron chi connectivity index (χ2n) is 8.52. The molecule has 196 valence electrons. The predicted octanol–water partition coefficient (Wildman–Crippen LogP) is 5.03. The number of halogens is 2. The SMILES string of the molecule is COc1cnc2c(Oc3ccc(NC(=O)c4nn(C)c(C)c(-c5ccc(F)cc5)c4=O)cc3F)ccnc2c1. The Balaban J connectivity index is 1.41. The van der Waals surface area contributed by atoms with Crippen LogP contribution in [-0.2, 0) is 7.05 Å². The fraction of sp³-hybridized carbons (Fsp3) is 0.107. The molecule has 11 heteroatoms. The molecule has 0 fully saturated rings. The Bertz CT molecular complexity index is 1790. The number of rotatable bonds is 6. The summed E-state index contributed by atoms with van der Waals surface area (Å²) in [7, 11) is 3.09. The van der Waals surface area contributed by atoms with Gasteiger partial charge in [0.25, 0.3) is 5.91 Å². The van der Waals surface area contributed by atoms with Crippen LogP contribution in [0, 0.1) is 18.6 Å². The summed E-state index contributed by atoms with van der Waals surface area (Å²) in [4.78, 5) is 34.7. The van der Waals surface area contributed by atoms with E-state index in [4.69, 9.17) is 9.47 Å². The number of carbonyl (C=O) groups is 1. The van der Waals surface area contributed by atoms with E-state index in [9.17, 15) is 18.4 Å². The Morgan fingerprint density at radius 1 is 1.00 bits per heavy atom. The highest BCUT2D eigenvalue weighted by Gasteiger charge is 2.21. The second-order valence-corrected chi connectivity index (χ2v) is 8.52. The maximum Gasteiger partial charge on any atom is 0.280 e. The fourth-order valence-electron chi connectivity index (χ4n) is 3.97. The molecule has 0 saturated carbocycles. The van der Waals surface area contributed by atoms with Gasteiger partial charge >= 0.3 is 0 Å². The van der Waals surface area contributed by atoms with Crippen LogP contribution in [0.5, 0.6) is 17.2 Å². The summed E-state index contributed by atoms with van der Waals surface area (Å²) < 4.78 is 40.7. The highest BCUT2D eigenvalue weighted by molar-refractivity contribution is 6.03. The lowest BCUT2D eigenvalue weighted by Gasteiger charge is -2.13. The van der Waals surface area contributed by atoms with Crippen molar-refractivity contribution in [3.05, 3.63) is 100 Å². The topological polar surface area (TPSA) is 108 Å². The normalized spacial score (nSPS) is 10.9. The fourth-order valence-corrected chi connectivity index (χ4v) is 3.97. The van der Waals surface area contributed by atoms with Gasteiger partial charge in [0.2, 0.25) is 5.43 Å². The molecule has 0 unspecified atom stereocenters. The number of nitrogens with one attached hydrogen (secondary N) is 1. The van der Waals surface area contributed by atoms with Gasteiger partial charge < -0.3 is 14.8 Å². The predicted molar refractivity (Wildman–Crippen MR) is 140 cm³/mol. The molecule has 2 aromatic carbocycles. The van der Waals surface area contributed by atoms with E-state index in [1.807, 2.05) is 0 Å². The number of benzene rings is 2. The van der Waals surface area contributed by atoms with Crippen molar-refractivity contribution in [1.29, 1.82) is 0 Å². The smallest absolute Gasteiger partial charge is 0.280 e. The van der Waals surface area contributed by atoms with Gasteiger partial charge in [0.15, 0.2) is 23.0 Å². The first kappa shape index (κ1) is 25.5. The van der Waals surface area contributed by atoms with Crippen molar-refractivity contribution >= 4 is 22.6 Å². The van der Waals surface area contributed by atoms with Crippen molar-refractivity contribution in [3.63, 3.8) is 0 Å². The number of hydrogen-bond acceptors (Lipinski definition) is 7. The molecule has 0 atom stereocenters. The third-order valence-corrected chi connectivity index (χ3v) is 6.05. The van der Waals surface area contributed by atoms with E-state index in [-0.39, 0.29) is 22.7 Å². The van der Waals surface area contributed by atoms with Crippen molar-refractivity contribution in [3.8, 4) is 28.4 Å². The summed E-state index contributed by atoms with van der Waals surface area (Å²) in [5.41, 5.74) is 1.11. The first-order chi connectivity index (χ1) is 18.7. The lowest BCUT2D eigenvalue weighted by molar-refractivity contribution is 0.101. The van der Waals surface area contributed by atoms with E-state index >= 15 is 0 Å². The molecule has 0 radical (unpaired) electrons. The number of amides is 1. The molecule has 0 aliphatic carbocycles. The number of aryl methyl sites for hydroxylation is 1. The highest BCUT2D eigenvalue weighted by Crippen LogP contribution is 2.31. The van der Waals surface area contributed by atoms with Gasteiger partial charge in [-0.2, -0.15) is 5.10 Å². The van der Waals surface area contributed by atoms with E-state index < -0.39 is 28.7 Å². The van der Waals surface area contributed by atoms with Crippen molar-refractivity contribution in [2.45, 2.75) is 6.92 Å². The van der Waals surface area contributed by atoms with E-state index in [0.717, 1.165) is 6.07 Å². The zero-order valence-electron chi connectivity index (χ0n) is 21.0. The number of fused-ring (bicyclic) bond motifs is 1. The average molecular weight is 530 g/mol. The van der Waals surface area contributed by atoms with Crippen LogP contribution in [0.2, 0.25) is 0 Å². The Morgan fingerprint density at radius 3 is 2.49 bits per heavy atom. The third-order valence-electron chi connectivity index (χ3n) is 6.05. The van der Waals surface area contributed by atoms with Crippen LogP contribution in [-0.4, -0.2) is 32.8 Å². The van der Waals surface area contributed by atoms with Crippen molar-refractivity contribution in [1.82, 2.24) is 19.7 Å². The molecule has 5 aromatic rings. The third kappa shape index (κ3) is 5.01. The van der Waals surface area contributed by atoms with Crippen molar-refractivity contribution in [2.75, 3.05) is 12.4 Å². The molecule has 0 bridgehead atoms. The summed E-state index contributed by atoms with van der Waals surface area (Å²) in [6.07, 6.45) is 3.00. The highest BCUT2D eigenvalue weighted by atomic mass is 19.1. The minimum absolute atomic E-state index is 0.0834. The number of methoxy groups -OCH3 is 1. The van der Waals surface area contributed by atoms with Gasteiger partial charge in [0, 0.05) is 42.8 Å². The van der Waals surface area contributed by atoms with Crippen LogP contribution in [0.25, 0.3) is 22.2 Å². The summed E-state index contributed by atoms with van der Waals surface area (Å²) in [5.74, 6) is -1.36. The molecule has 0 saturated heterocycles. The molecule has 1 amide bonds. The number of pyridine rings is 2. The van der Waals surface area contributed by atoms with Gasteiger partial charge in [-0.3, -0.25) is 19.3 Å². The van der Waals surface area contributed by atoms with Gasteiger partial charge in [0.05, 0.1) is 24.4 Å². The summed E-state index contributed by atoms with van der Waals surface area (Å²) in [6, 6.07) is 12.4. The molecule has 9 nitrogen and oxygen atoms in total. The standard InChI is InChI=1S/C28H21F2N5O4/c1-15-24(16-4-6-17(29)7-5-16)27(36)26(34-35(15)2)28(37)33-18-8-9-22(20(30)12-18)39-23-10-11-31-21-13-19(38-3)14-32-25(21)23/h4-14H,1-3H3,(H,33,37). The van der Waals surface area contributed by atoms with Crippen LogP contribution in [0.3, 0.4) is 0 Å². The Hall–Kier alpha value is -5.19. The van der Waals surface area contributed by atoms with Gasteiger partial charge in [-0.1, -0.05) is 12.1 Å². The van der Waals surface area contributed by atoms with Gasteiger partial charge in [-0.05, 0) is 36.8 Å². The average Bonchev–Trinajstić information content (AvgIpc) is 2.93. The van der Waals surface area contributed by atoms with E-state index in [1.165, 1.54) is 60.6 Å². The Kier molecular flexibility index (Phi) is 6.72. The van der Waals surface area contributed by atoms with E-state index in [0.29, 0.717) is 28.0 Å². The first-order valence-electron chi connectivity index (χ1n) is 11.7. The quantitative estimate of drug-likeness (QED) is 0.329. The summed E-state index contributed by atoms with van der Waals surface area (Å²) in [6.45, 7) is 1.67. The number of carbonyl (C=O) groups excluding carboxylic acids is 1. The van der Waals surface area contributed by atoms with Gasteiger partial charge in [-0.25, -0.2) is 13.8 Å². The summed E-state index contributed by atoms with van der Waals surface area (Å²) in [5, 5.41) is 6.59. The second kappa shape index (κ2) is 10.3. The van der Waals surface area contributed by atoms with Crippen LogP contribution in [0.15, 0.2) is 71.8 Å². The molecular formula is C28H21F2N5O4. The number of aromatic nitrogens is 4. The maximum atomic E-state index is 15.0. The molecule has 3 aromatic heterocycles. The Morgan fingerprint density at radius 2 is 1.77 bits per heavy atom. The van der Waals surface area contributed by atoms with Crippen molar-refractivity contribution < 1.29 is 23.0 Å². The van der Waals surface area contributed by atoms with Crippen LogP contribution in [0.4, 0.5) is 14.5 Å². The lowest BCUT2D eigenvalue weighted by Crippen LogP contribution is -2.28. The van der Waals surface area contributed by atoms with Crippen LogP contribution in [0.1, 0.15) is 16.2 Å². The maximum absolute atomic E-state index is 15.0. The van der Waals surface area contributed by atoms with Crippen LogP contribution < -0.4 is 20.2 Å². The molecule has 3 heterocycles. The lowest BCUT2D eigenvalue weighted by atomic mass is 10.0. The molecule has 1 N–H and O–H groups in total. The zero-order valence-corrected chi connectivity index (χ0v) is 21.0. The van der Waals surface area contributed by atoms with E-state index in [1.54, 1.807) is 26.1 Å². The molecular weight excluding hydrogens is 508 g/mol. The molecule has 0 aliphatic rings. The first-order valence-corrected chi connectivity index (χ1v) is 11.7.